The molecule has 5 heteroatoms. The number of carbonyl (C=O) groups is 3. The number of carbonyl (C=O) groups excluding carboxylic acids is 3. The monoisotopic (exact) mass is 596 g/mol. The summed E-state index contributed by atoms with van der Waals surface area (Å²) in [4.78, 5) is 41.1. The van der Waals surface area contributed by atoms with Gasteiger partial charge in [0, 0.05) is 23.3 Å². The normalized spacial score (nSPS) is 31.3. The summed E-state index contributed by atoms with van der Waals surface area (Å²) in [5.74, 6) is -0.468. The fourth-order valence-corrected chi connectivity index (χ4v) is 8.26. The van der Waals surface area contributed by atoms with E-state index >= 15 is 0 Å². The second-order valence-electron chi connectivity index (χ2n) is 14.9. The third kappa shape index (κ3) is 7.06. The van der Waals surface area contributed by atoms with Crippen LogP contribution in [-0.4, -0.2) is 29.9 Å². The molecule has 0 amide bonds. The Morgan fingerprint density at radius 3 is 2.21 bits per heavy atom. The Kier molecular flexibility index (Phi) is 11.7. The highest BCUT2D eigenvalue weighted by molar-refractivity contribution is 5.94. The van der Waals surface area contributed by atoms with Crippen molar-refractivity contribution < 1.29 is 23.9 Å². The highest BCUT2D eigenvalue weighted by atomic mass is 16.6. The van der Waals surface area contributed by atoms with Crippen molar-refractivity contribution in [3.63, 3.8) is 0 Å². The maximum absolute atomic E-state index is 14.9. The number of hydrogen-bond acceptors (Lipinski definition) is 5. The number of ketones is 1. The van der Waals surface area contributed by atoms with E-state index in [0.29, 0.717) is 18.4 Å². The van der Waals surface area contributed by atoms with Gasteiger partial charge in [-0.3, -0.25) is 9.59 Å². The zero-order chi connectivity index (χ0) is 32.2. The summed E-state index contributed by atoms with van der Waals surface area (Å²) in [5, 5.41) is 0. The summed E-state index contributed by atoms with van der Waals surface area (Å²) in [7, 11) is 0. The molecule has 0 N–H and O–H groups in total. The van der Waals surface area contributed by atoms with Gasteiger partial charge >= 0.3 is 11.9 Å². The van der Waals surface area contributed by atoms with E-state index in [2.05, 4.69) is 60.6 Å². The lowest BCUT2D eigenvalue weighted by Gasteiger charge is -2.46. The molecular weight excluding hydrogens is 536 g/mol. The maximum atomic E-state index is 14.9. The van der Waals surface area contributed by atoms with Crippen LogP contribution in [0.2, 0.25) is 0 Å². The molecule has 3 aliphatic carbocycles. The molecule has 0 aromatic carbocycles. The van der Waals surface area contributed by atoms with Gasteiger partial charge in [0.15, 0.2) is 5.78 Å². The van der Waals surface area contributed by atoms with Gasteiger partial charge in [0.05, 0.1) is 5.41 Å². The number of hydrogen-bond donors (Lipinski definition) is 0. The van der Waals surface area contributed by atoms with Crippen LogP contribution < -0.4 is 0 Å². The molecule has 1 spiro atoms. The van der Waals surface area contributed by atoms with Crippen LogP contribution in [0.5, 0.6) is 0 Å². The van der Waals surface area contributed by atoms with E-state index in [1.54, 1.807) is 6.92 Å². The van der Waals surface area contributed by atoms with E-state index in [4.69, 9.17) is 9.47 Å². The fourth-order valence-electron chi connectivity index (χ4n) is 8.26. The number of allylic oxidation sites excluding steroid dienone is 4. The molecule has 4 unspecified atom stereocenters. The summed E-state index contributed by atoms with van der Waals surface area (Å²) in [6.07, 6.45) is 15.2. The first-order valence-electron chi connectivity index (χ1n) is 17.1. The first-order valence-corrected chi connectivity index (χ1v) is 17.1. The summed E-state index contributed by atoms with van der Waals surface area (Å²) in [6.45, 7) is 20.8. The van der Waals surface area contributed by atoms with E-state index in [1.165, 1.54) is 31.3 Å². The molecule has 1 saturated carbocycles. The lowest BCUT2D eigenvalue weighted by molar-refractivity contribution is -0.178. The van der Waals surface area contributed by atoms with Gasteiger partial charge in [0.25, 0.3) is 0 Å². The first kappa shape index (κ1) is 35.3. The lowest BCUT2D eigenvalue weighted by atomic mass is 9.60. The number of fused-ring (bicyclic) bond motifs is 1. The summed E-state index contributed by atoms with van der Waals surface area (Å²) in [6, 6.07) is 0. The fraction of sp³-hybridized carbons (Fsp3) is 0.763. The van der Waals surface area contributed by atoms with Gasteiger partial charge in [0.2, 0.25) is 0 Å². The van der Waals surface area contributed by atoms with Gasteiger partial charge in [-0.25, -0.2) is 4.79 Å². The van der Waals surface area contributed by atoms with Crippen molar-refractivity contribution in [3.05, 3.63) is 34.4 Å². The van der Waals surface area contributed by atoms with Crippen LogP contribution in [-0.2, 0) is 23.9 Å². The maximum Gasteiger partial charge on any atom is 0.333 e. The minimum Gasteiger partial charge on any atom is -0.459 e. The summed E-state index contributed by atoms with van der Waals surface area (Å²) in [5.41, 5.74) is 1.74. The predicted molar refractivity (Wildman–Crippen MR) is 174 cm³/mol. The molecule has 43 heavy (non-hydrogen) atoms. The van der Waals surface area contributed by atoms with Gasteiger partial charge in [-0.1, -0.05) is 96.4 Å². The Morgan fingerprint density at radius 2 is 1.60 bits per heavy atom. The standard InChI is InChI=1S/C38H60O5/c1-11-13-14-15-16-17-18-19-33(39)43-37(10)23-27(6)38-22-26(5)20-31(38)30(12-2)29(21-32(34(38)40)36(37,8)9)24-42-35(41)28(7)25(3)4/h21-22,27,30-32H,11-20,23-24H2,1-10H3/t27-,30?,31?,32?,37-,38?/m1/s1. The van der Waals surface area contributed by atoms with Crippen LogP contribution in [0.1, 0.15) is 140 Å². The predicted octanol–water partition coefficient (Wildman–Crippen LogP) is 9.50. The largest absolute Gasteiger partial charge is 0.459 e. The lowest BCUT2D eigenvalue weighted by Crippen LogP contribution is -2.50. The second kappa shape index (κ2) is 14.3. The molecule has 242 valence electrons. The number of Topliss-reactive ketones (excluding diaryl/α,β-unsaturated/α-hetero) is 1. The van der Waals surface area contributed by atoms with Crippen molar-refractivity contribution in [1.29, 1.82) is 0 Å². The Hall–Kier alpha value is -2.17. The third-order valence-corrected chi connectivity index (χ3v) is 11.5. The number of rotatable bonds is 13. The molecule has 5 nitrogen and oxygen atoms in total. The molecule has 6 atom stereocenters. The van der Waals surface area contributed by atoms with Crippen molar-refractivity contribution in [2.45, 2.75) is 145 Å². The Bertz CT molecular complexity index is 1130. The molecular formula is C38H60O5. The molecule has 0 aliphatic heterocycles. The molecule has 2 bridgehead atoms. The zero-order valence-corrected chi connectivity index (χ0v) is 29.0. The van der Waals surface area contributed by atoms with Crippen LogP contribution >= 0.6 is 0 Å². The van der Waals surface area contributed by atoms with E-state index in [0.717, 1.165) is 43.3 Å². The van der Waals surface area contributed by atoms with Crippen LogP contribution in [0, 0.1) is 34.5 Å². The van der Waals surface area contributed by atoms with Crippen LogP contribution in [0.25, 0.3) is 0 Å². The number of ether oxygens (including phenoxy) is 2. The average Bonchev–Trinajstić information content (AvgIpc) is 3.24. The third-order valence-electron chi connectivity index (χ3n) is 11.5. The topological polar surface area (TPSA) is 69.7 Å². The highest BCUT2D eigenvalue weighted by Gasteiger charge is 2.65. The van der Waals surface area contributed by atoms with Crippen molar-refractivity contribution in [2.24, 2.45) is 34.5 Å². The number of esters is 2. The van der Waals surface area contributed by atoms with E-state index in [1.807, 2.05) is 13.8 Å². The first-order chi connectivity index (χ1) is 20.2. The van der Waals surface area contributed by atoms with Crippen LogP contribution in [0.3, 0.4) is 0 Å². The molecule has 3 aliphatic rings. The highest BCUT2D eigenvalue weighted by Crippen LogP contribution is 2.63. The Balaban J connectivity index is 1.96. The van der Waals surface area contributed by atoms with E-state index in [-0.39, 0.29) is 42.1 Å². The quantitative estimate of drug-likeness (QED) is 0.0916. The number of unbranched alkanes of at least 4 members (excludes halogenated alkanes) is 6. The van der Waals surface area contributed by atoms with Gasteiger partial charge in [0.1, 0.15) is 12.2 Å². The average molecular weight is 597 g/mol. The van der Waals surface area contributed by atoms with Gasteiger partial charge < -0.3 is 9.47 Å². The molecule has 0 radical (unpaired) electrons. The van der Waals surface area contributed by atoms with Gasteiger partial charge in [-0.15, -0.1) is 0 Å². The smallest absolute Gasteiger partial charge is 0.333 e. The van der Waals surface area contributed by atoms with Gasteiger partial charge in [-0.05, 0) is 83.6 Å². The van der Waals surface area contributed by atoms with Crippen LogP contribution in [0.4, 0.5) is 0 Å². The van der Waals surface area contributed by atoms with Crippen molar-refractivity contribution in [3.8, 4) is 0 Å². The van der Waals surface area contributed by atoms with E-state index in [9.17, 15) is 14.4 Å². The zero-order valence-electron chi connectivity index (χ0n) is 29.0. The Labute approximate surface area is 262 Å². The molecule has 0 aromatic heterocycles. The van der Waals surface area contributed by atoms with Gasteiger partial charge in [-0.2, -0.15) is 0 Å². The summed E-state index contributed by atoms with van der Waals surface area (Å²) >= 11 is 0. The molecule has 3 rings (SSSR count). The molecule has 0 heterocycles. The molecule has 1 fully saturated rings. The summed E-state index contributed by atoms with van der Waals surface area (Å²) < 4.78 is 12.4. The SMILES string of the molecule is CCCCCCCCCC(=O)O[C@]1(C)C[C@@H](C)C23C=C(C)CC2C(CC)C(COC(=O)C(C)=C(C)C)=CC(C3=O)C1(C)C. The minimum atomic E-state index is -0.820. The Morgan fingerprint density at radius 1 is 0.977 bits per heavy atom. The second-order valence-corrected chi connectivity index (χ2v) is 14.9. The molecule has 0 saturated heterocycles. The minimum absolute atomic E-state index is 0.000333. The van der Waals surface area contributed by atoms with E-state index < -0.39 is 22.3 Å². The van der Waals surface area contributed by atoms with Crippen molar-refractivity contribution in [2.75, 3.05) is 6.61 Å². The van der Waals surface area contributed by atoms with Crippen molar-refractivity contribution >= 4 is 17.7 Å². The van der Waals surface area contributed by atoms with Crippen molar-refractivity contribution in [1.82, 2.24) is 0 Å². The molecule has 0 aromatic rings. The van der Waals surface area contributed by atoms with Crippen LogP contribution in [0.15, 0.2) is 34.4 Å².